The molecule has 0 fully saturated rings. The summed E-state index contributed by atoms with van der Waals surface area (Å²) in [5.74, 6) is -2.43. The maximum absolute atomic E-state index is 14.4. The average molecular weight is 698 g/mol. The van der Waals surface area contributed by atoms with Crippen molar-refractivity contribution < 1.29 is 18.3 Å². The van der Waals surface area contributed by atoms with Crippen molar-refractivity contribution in [2.45, 2.75) is 72.5 Å². The molecule has 1 heterocycles. The van der Waals surface area contributed by atoms with Gasteiger partial charge in [0.1, 0.15) is 12.4 Å². The number of H-pyrrole nitrogens is 1. The van der Waals surface area contributed by atoms with Gasteiger partial charge < -0.3 is 15.0 Å². The third-order valence-electron chi connectivity index (χ3n) is 8.13. The number of ketones is 1. The summed E-state index contributed by atoms with van der Waals surface area (Å²) >= 11 is 0. The van der Waals surface area contributed by atoms with Gasteiger partial charge in [0, 0.05) is 29.1 Å². The Kier molecular flexibility index (Phi) is 17.8. The fourth-order valence-corrected chi connectivity index (χ4v) is 5.64. The van der Waals surface area contributed by atoms with Crippen molar-refractivity contribution in [3.63, 3.8) is 0 Å². The second-order valence-electron chi connectivity index (χ2n) is 11.8. The molecule has 0 unspecified atom stereocenters. The van der Waals surface area contributed by atoms with Crippen LogP contribution in [0.1, 0.15) is 80.4 Å². The van der Waals surface area contributed by atoms with Gasteiger partial charge in [0.15, 0.2) is 5.78 Å². The first-order valence-electron chi connectivity index (χ1n) is 18.2. The highest BCUT2D eigenvalue weighted by Crippen LogP contribution is 2.28. The Morgan fingerprint density at radius 3 is 2.02 bits per heavy atom. The van der Waals surface area contributed by atoms with Gasteiger partial charge in [-0.3, -0.25) is 14.5 Å². The first kappa shape index (κ1) is 40.8. The van der Waals surface area contributed by atoms with E-state index in [1.807, 2.05) is 88.4 Å². The molecule has 5 rings (SSSR count). The summed E-state index contributed by atoms with van der Waals surface area (Å²) in [4.78, 5) is 31.1. The number of ether oxygens (including phenoxy) is 1. The minimum absolute atomic E-state index is 0.0224. The summed E-state index contributed by atoms with van der Waals surface area (Å²) in [7, 11) is 0. The van der Waals surface area contributed by atoms with Gasteiger partial charge in [0.05, 0.1) is 18.6 Å². The van der Waals surface area contributed by atoms with Crippen LogP contribution in [0.3, 0.4) is 0 Å². The maximum Gasteiger partial charge on any atom is 0.285 e. The molecule has 272 valence electrons. The molecule has 2 N–H and O–H groups in total. The predicted molar refractivity (Wildman–Crippen MR) is 206 cm³/mol. The van der Waals surface area contributed by atoms with E-state index >= 15 is 0 Å². The van der Waals surface area contributed by atoms with E-state index in [1.54, 1.807) is 36.4 Å². The number of carbonyl (C=O) groups excluding carboxylic acids is 1. The van der Waals surface area contributed by atoms with E-state index in [1.165, 1.54) is 18.2 Å². The summed E-state index contributed by atoms with van der Waals surface area (Å²) < 4.78 is 34.8. The molecule has 0 saturated carbocycles. The van der Waals surface area contributed by atoms with Gasteiger partial charge in [-0.15, -0.1) is 0 Å². The number of rotatable bonds is 18. The Morgan fingerprint density at radius 1 is 0.745 bits per heavy atom. The molecule has 0 radical (unpaired) electrons. The van der Waals surface area contributed by atoms with Gasteiger partial charge in [-0.25, -0.2) is 0 Å². The number of nitrogens with one attached hydrogen (secondary N) is 2. The maximum atomic E-state index is 14.4. The highest BCUT2D eigenvalue weighted by atomic mass is 19.3. The number of fused-ring (bicyclic) bond motifs is 1. The quantitative estimate of drug-likeness (QED) is 0.0705. The van der Waals surface area contributed by atoms with Crippen molar-refractivity contribution in [1.82, 2.24) is 15.2 Å². The van der Waals surface area contributed by atoms with Crippen LogP contribution < -0.4 is 15.6 Å². The molecule has 4 aromatic carbocycles. The van der Waals surface area contributed by atoms with Crippen LogP contribution >= 0.6 is 0 Å². The van der Waals surface area contributed by atoms with Crippen LogP contribution in [0.4, 0.5) is 8.78 Å². The number of aromatic nitrogens is 1. The number of carbonyl (C=O) groups is 1. The van der Waals surface area contributed by atoms with Gasteiger partial charge in [0.25, 0.3) is 5.92 Å². The second-order valence-corrected chi connectivity index (χ2v) is 11.8. The topological polar surface area (TPSA) is 74.4 Å². The summed E-state index contributed by atoms with van der Waals surface area (Å²) in [5.41, 5.74) is 2.90. The third-order valence-corrected chi connectivity index (χ3v) is 8.13. The second kappa shape index (κ2) is 22.2. The molecular weight excluding hydrogens is 644 g/mol. The van der Waals surface area contributed by atoms with Crippen LogP contribution in [0.15, 0.2) is 120 Å². The lowest BCUT2D eigenvalue weighted by molar-refractivity contribution is -0.00302. The number of hydrogen-bond donors (Lipinski definition) is 2. The highest BCUT2D eigenvalue weighted by molar-refractivity contribution is 6.09. The number of aromatic amines is 1. The lowest BCUT2D eigenvalue weighted by atomic mass is 10.0. The lowest BCUT2D eigenvalue weighted by Crippen LogP contribution is -2.31. The molecule has 1 aromatic heterocycles. The molecule has 0 aliphatic carbocycles. The van der Waals surface area contributed by atoms with Crippen molar-refractivity contribution in [2.24, 2.45) is 0 Å². The molecule has 0 atom stereocenters. The number of benzene rings is 4. The Balaban J connectivity index is 0.00000169. The minimum atomic E-state index is -2.90. The fraction of sp³-hybridized carbons (Fsp3) is 0.349. The summed E-state index contributed by atoms with van der Waals surface area (Å²) in [6.45, 7) is 10.0. The van der Waals surface area contributed by atoms with E-state index in [4.69, 9.17) is 4.74 Å². The Hall–Kier alpha value is -4.66. The number of unbranched alkanes of at least 4 members (excludes halogenated alkanes) is 3. The van der Waals surface area contributed by atoms with E-state index in [9.17, 15) is 18.4 Å². The van der Waals surface area contributed by atoms with Crippen molar-refractivity contribution in [3.8, 4) is 5.75 Å². The van der Waals surface area contributed by atoms with Gasteiger partial charge >= 0.3 is 0 Å². The molecule has 0 aliphatic rings. The largest absolute Gasteiger partial charge is 0.487 e. The molecule has 5 aromatic rings. The summed E-state index contributed by atoms with van der Waals surface area (Å²) in [6.07, 6.45) is 3.50. The lowest BCUT2D eigenvalue weighted by Gasteiger charge is -2.22. The Bertz CT molecular complexity index is 1760. The zero-order chi connectivity index (χ0) is 36.9. The van der Waals surface area contributed by atoms with Crippen LogP contribution in [0.5, 0.6) is 5.75 Å². The Morgan fingerprint density at radius 2 is 1.35 bits per heavy atom. The zero-order valence-corrected chi connectivity index (χ0v) is 30.5. The first-order valence-corrected chi connectivity index (χ1v) is 18.2. The van der Waals surface area contributed by atoms with Crippen molar-refractivity contribution >= 4 is 16.7 Å². The van der Waals surface area contributed by atoms with E-state index in [-0.39, 0.29) is 30.0 Å². The number of halogens is 2. The van der Waals surface area contributed by atoms with Gasteiger partial charge in [0.2, 0.25) is 5.56 Å². The predicted octanol–water partition coefficient (Wildman–Crippen LogP) is 9.79. The standard InChI is InChI=1S/C39H41F2N3O3.2C2H6/c40-39(41,32-18-10-5-11-19-32)29-42-24-12-1-2-13-25-44(26-30-14-6-3-7-15-30)27-35(45)33-20-22-36(38-34(33)21-23-37(46)43-38)47-28-31-16-8-4-9-17-31;2*1-2/h3-11,14-23,42H,1-2,12-13,24-29H2,(H,43,46);2*1-2H3. The monoisotopic (exact) mass is 697 g/mol. The van der Waals surface area contributed by atoms with Crippen LogP contribution in [0, 0.1) is 0 Å². The van der Waals surface area contributed by atoms with Gasteiger partial charge in [-0.2, -0.15) is 8.78 Å². The molecule has 0 aliphatic heterocycles. The third kappa shape index (κ3) is 13.2. The average Bonchev–Trinajstić information content (AvgIpc) is 3.17. The van der Waals surface area contributed by atoms with Crippen molar-refractivity contribution in [1.29, 1.82) is 0 Å². The number of pyridine rings is 1. The summed E-state index contributed by atoms with van der Waals surface area (Å²) in [6, 6.07) is 34.3. The van der Waals surface area contributed by atoms with Crippen molar-refractivity contribution in [2.75, 3.05) is 26.2 Å². The van der Waals surface area contributed by atoms with E-state index in [0.29, 0.717) is 48.5 Å². The van der Waals surface area contributed by atoms with Crippen LogP contribution in [0.2, 0.25) is 0 Å². The zero-order valence-electron chi connectivity index (χ0n) is 30.5. The number of alkyl halides is 2. The van der Waals surface area contributed by atoms with Crippen LogP contribution in [-0.4, -0.2) is 41.8 Å². The smallest absolute Gasteiger partial charge is 0.285 e. The van der Waals surface area contributed by atoms with Crippen molar-refractivity contribution in [3.05, 3.63) is 148 Å². The van der Waals surface area contributed by atoms with E-state index in [2.05, 4.69) is 15.2 Å². The van der Waals surface area contributed by atoms with Crippen LogP contribution in [-0.2, 0) is 19.1 Å². The molecular formula is C43H53F2N3O3. The number of hydrogen-bond acceptors (Lipinski definition) is 5. The first-order chi connectivity index (χ1) is 24.9. The molecule has 0 saturated heterocycles. The molecule has 0 spiro atoms. The van der Waals surface area contributed by atoms with Crippen LogP contribution in [0.25, 0.3) is 10.9 Å². The summed E-state index contributed by atoms with van der Waals surface area (Å²) in [5, 5.41) is 3.55. The molecule has 8 heteroatoms. The van der Waals surface area contributed by atoms with Gasteiger partial charge in [-0.05, 0) is 55.3 Å². The van der Waals surface area contributed by atoms with E-state index in [0.717, 1.165) is 36.8 Å². The molecule has 6 nitrogen and oxygen atoms in total. The minimum Gasteiger partial charge on any atom is -0.487 e. The number of Topliss-reactive ketones (excluding diaryl/α,β-unsaturated/α-hetero) is 1. The Labute approximate surface area is 301 Å². The number of nitrogens with zero attached hydrogens (tertiary/aromatic N) is 1. The van der Waals surface area contributed by atoms with E-state index < -0.39 is 5.92 Å². The van der Waals surface area contributed by atoms with Gasteiger partial charge in [-0.1, -0.05) is 132 Å². The molecule has 0 bridgehead atoms. The highest BCUT2D eigenvalue weighted by Gasteiger charge is 2.30. The molecule has 0 amide bonds. The molecule has 51 heavy (non-hydrogen) atoms. The SMILES string of the molecule is CC.CC.O=C(CN(CCCCCCNCC(F)(F)c1ccccc1)Cc1ccccc1)c1ccc(OCc2ccccc2)c2[nH]c(=O)ccc12. The fourth-order valence-electron chi connectivity index (χ4n) is 5.64. The normalized spacial score (nSPS) is 11.0.